The standard InChI is InChI=1S/C14H19BrFN3O2S.HI/c1-2-17-14(19-12-5-6-22(20,21)9-12)18-8-10-7-11(15)3-4-13(10)16;/h3-4,7,12H,2,5-6,8-9H2,1H3,(H2,17,18,19);1H. The van der Waals surface area contributed by atoms with Gasteiger partial charge in [0.1, 0.15) is 5.82 Å². The number of hydrogen-bond acceptors (Lipinski definition) is 3. The number of aliphatic imine (C=N–C) groups is 1. The van der Waals surface area contributed by atoms with Crippen LogP contribution >= 0.6 is 39.9 Å². The average molecular weight is 520 g/mol. The van der Waals surface area contributed by atoms with Crippen molar-refractivity contribution in [2.75, 3.05) is 18.1 Å². The molecule has 2 rings (SSSR count). The fourth-order valence-corrected chi connectivity index (χ4v) is 4.33. The van der Waals surface area contributed by atoms with Gasteiger partial charge in [0, 0.05) is 22.6 Å². The Morgan fingerprint density at radius 2 is 2.22 bits per heavy atom. The zero-order chi connectivity index (χ0) is 16.2. The van der Waals surface area contributed by atoms with Crippen molar-refractivity contribution in [1.29, 1.82) is 0 Å². The monoisotopic (exact) mass is 519 g/mol. The van der Waals surface area contributed by atoms with Gasteiger partial charge in [-0.25, -0.2) is 17.8 Å². The number of rotatable bonds is 4. The lowest BCUT2D eigenvalue weighted by atomic mass is 10.2. The molecular formula is C14H20BrFIN3O2S. The fourth-order valence-electron chi connectivity index (χ4n) is 2.25. The largest absolute Gasteiger partial charge is 0.357 e. The molecule has 1 aliphatic rings. The number of hydrogen-bond donors (Lipinski definition) is 2. The van der Waals surface area contributed by atoms with Gasteiger partial charge in [-0.1, -0.05) is 15.9 Å². The number of halogens is 3. The minimum absolute atomic E-state index is 0. The van der Waals surface area contributed by atoms with E-state index in [-0.39, 0.29) is 53.9 Å². The molecule has 23 heavy (non-hydrogen) atoms. The predicted molar refractivity (Wildman–Crippen MR) is 105 cm³/mol. The minimum Gasteiger partial charge on any atom is -0.357 e. The first-order valence-corrected chi connectivity index (χ1v) is 9.70. The van der Waals surface area contributed by atoms with Crippen LogP contribution in [0.15, 0.2) is 27.7 Å². The molecule has 0 saturated carbocycles. The van der Waals surface area contributed by atoms with Crippen LogP contribution < -0.4 is 10.6 Å². The first kappa shape index (κ1) is 20.6. The van der Waals surface area contributed by atoms with E-state index in [0.717, 1.165) is 4.47 Å². The molecule has 0 radical (unpaired) electrons. The summed E-state index contributed by atoms with van der Waals surface area (Å²) in [5.41, 5.74) is 0.477. The number of nitrogens with zero attached hydrogens (tertiary/aromatic N) is 1. The van der Waals surface area contributed by atoms with Gasteiger partial charge in [0.25, 0.3) is 0 Å². The Hall–Kier alpha value is -0.420. The van der Waals surface area contributed by atoms with Crippen LogP contribution in [0.1, 0.15) is 18.9 Å². The molecule has 1 atom stereocenters. The second kappa shape index (κ2) is 9.16. The van der Waals surface area contributed by atoms with Crippen LogP contribution in [-0.4, -0.2) is 38.5 Å². The van der Waals surface area contributed by atoms with Gasteiger partial charge in [0.15, 0.2) is 15.8 Å². The van der Waals surface area contributed by atoms with E-state index < -0.39 is 9.84 Å². The van der Waals surface area contributed by atoms with Gasteiger partial charge in [0.05, 0.1) is 18.1 Å². The highest BCUT2D eigenvalue weighted by atomic mass is 127. The summed E-state index contributed by atoms with van der Waals surface area (Å²) in [5, 5.41) is 6.15. The zero-order valence-electron chi connectivity index (χ0n) is 12.7. The second-order valence-corrected chi connectivity index (χ2v) is 8.32. The van der Waals surface area contributed by atoms with Crippen molar-refractivity contribution in [2.45, 2.75) is 25.9 Å². The third kappa shape index (κ3) is 6.54. The molecular weight excluding hydrogens is 500 g/mol. The maximum absolute atomic E-state index is 13.7. The van der Waals surface area contributed by atoms with Crippen molar-refractivity contribution in [3.63, 3.8) is 0 Å². The topological polar surface area (TPSA) is 70.6 Å². The lowest BCUT2D eigenvalue weighted by Crippen LogP contribution is -2.44. The van der Waals surface area contributed by atoms with E-state index in [9.17, 15) is 12.8 Å². The first-order chi connectivity index (χ1) is 10.4. The highest BCUT2D eigenvalue weighted by molar-refractivity contribution is 14.0. The van der Waals surface area contributed by atoms with Crippen molar-refractivity contribution in [3.05, 3.63) is 34.1 Å². The van der Waals surface area contributed by atoms with E-state index in [2.05, 4.69) is 31.6 Å². The van der Waals surface area contributed by atoms with Gasteiger partial charge in [-0.15, -0.1) is 24.0 Å². The number of sulfone groups is 1. The molecule has 1 unspecified atom stereocenters. The lowest BCUT2D eigenvalue weighted by Gasteiger charge is -2.15. The maximum atomic E-state index is 13.7. The summed E-state index contributed by atoms with van der Waals surface area (Å²) in [5.74, 6) is 0.503. The highest BCUT2D eigenvalue weighted by Crippen LogP contribution is 2.16. The second-order valence-electron chi connectivity index (χ2n) is 5.18. The van der Waals surface area contributed by atoms with E-state index in [4.69, 9.17) is 0 Å². The van der Waals surface area contributed by atoms with Crippen LogP contribution in [0, 0.1) is 5.82 Å². The highest BCUT2D eigenvalue weighted by Gasteiger charge is 2.28. The third-order valence-corrected chi connectivity index (χ3v) is 5.59. The smallest absolute Gasteiger partial charge is 0.191 e. The van der Waals surface area contributed by atoms with E-state index in [0.29, 0.717) is 24.5 Å². The van der Waals surface area contributed by atoms with Gasteiger partial charge in [-0.3, -0.25) is 0 Å². The Kier molecular flexibility index (Phi) is 8.22. The molecule has 9 heteroatoms. The Labute approximate surface area is 161 Å². The lowest BCUT2D eigenvalue weighted by molar-refractivity contribution is 0.599. The van der Waals surface area contributed by atoms with Crippen molar-refractivity contribution in [3.8, 4) is 0 Å². The van der Waals surface area contributed by atoms with Crippen molar-refractivity contribution >= 4 is 55.7 Å². The molecule has 0 amide bonds. The first-order valence-electron chi connectivity index (χ1n) is 7.09. The molecule has 1 saturated heterocycles. The van der Waals surface area contributed by atoms with Gasteiger partial charge < -0.3 is 10.6 Å². The SMILES string of the molecule is CCNC(=NCc1cc(Br)ccc1F)NC1CCS(=O)(=O)C1.I. The summed E-state index contributed by atoms with van der Waals surface area (Å²) in [6.45, 7) is 2.74. The Balaban J connectivity index is 0.00000264. The van der Waals surface area contributed by atoms with Gasteiger partial charge in [0.2, 0.25) is 0 Å². The van der Waals surface area contributed by atoms with Gasteiger partial charge >= 0.3 is 0 Å². The summed E-state index contributed by atoms with van der Waals surface area (Å²) in [6.07, 6.45) is 0.567. The molecule has 1 aliphatic heterocycles. The molecule has 1 aromatic carbocycles. The molecule has 0 spiro atoms. The van der Waals surface area contributed by atoms with Crippen LogP contribution in [0.5, 0.6) is 0 Å². The van der Waals surface area contributed by atoms with E-state index in [1.165, 1.54) is 6.07 Å². The number of guanidine groups is 1. The molecule has 130 valence electrons. The van der Waals surface area contributed by atoms with Crippen molar-refractivity contribution < 1.29 is 12.8 Å². The molecule has 0 aromatic heterocycles. The summed E-state index contributed by atoms with van der Waals surface area (Å²) in [7, 11) is -2.95. The Morgan fingerprint density at radius 3 is 2.83 bits per heavy atom. The van der Waals surface area contributed by atoms with Crippen molar-refractivity contribution in [2.24, 2.45) is 4.99 Å². The summed E-state index contributed by atoms with van der Waals surface area (Å²) in [4.78, 5) is 4.34. The Morgan fingerprint density at radius 1 is 1.48 bits per heavy atom. The number of nitrogens with one attached hydrogen (secondary N) is 2. The predicted octanol–water partition coefficient (Wildman–Crippen LogP) is 2.45. The molecule has 1 fully saturated rings. The molecule has 2 N–H and O–H groups in total. The van der Waals surface area contributed by atoms with Crippen LogP contribution in [0.25, 0.3) is 0 Å². The van der Waals surface area contributed by atoms with E-state index in [1.54, 1.807) is 12.1 Å². The molecule has 1 heterocycles. The molecule has 5 nitrogen and oxygen atoms in total. The molecule has 0 aliphatic carbocycles. The molecule has 1 aromatic rings. The summed E-state index contributed by atoms with van der Waals surface area (Å²) in [6, 6.07) is 4.56. The van der Waals surface area contributed by atoms with Crippen LogP contribution in [-0.2, 0) is 16.4 Å². The van der Waals surface area contributed by atoms with Gasteiger partial charge in [-0.05, 0) is 31.5 Å². The van der Waals surface area contributed by atoms with E-state index >= 15 is 0 Å². The van der Waals surface area contributed by atoms with Crippen LogP contribution in [0.2, 0.25) is 0 Å². The maximum Gasteiger partial charge on any atom is 0.191 e. The molecule has 0 bridgehead atoms. The fraction of sp³-hybridized carbons (Fsp3) is 0.500. The normalized spacial score (nSPS) is 20.0. The van der Waals surface area contributed by atoms with Gasteiger partial charge in [-0.2, -0.15) is 0 Å². The van der Waals surface area contributed by atoms with Crippen LogP contribution in [0.4, 0.5) is 4.39 Å². The van der Waals surface area contributed by atoms with Crippen molar-refractivity contribution in [1.82, 2.24) is 10.6 Å². The average Bonchev–Trinajstić information content (AvgIpc) is 2.79. The Bertz CT molecular complexity index is 670. The quantitative estimate of drug-likeness (QED) is 0.364. The van der Waals surface area contributed by atoms with E-state index in [1.807, 2.05) is 6.92 Å². The third-order valence-electron chi connectivity index (χ3n) is 3.33. The number of benzene rings is 1. The minimum atomic E-state index is -2.95. The summed E-state index contributed by atoms with van der Waals surface area (Å²) < 4.78 is 37.5. The van der Waals surface area contributed by atoms with Crippen LogP contribution in [0.3, 0.4) is 0 Å². The zero-order valence-corrected chi connectivity index (χ0v) is 17.4. The summed E-state index contributed by atoms with van der Waals surface area (Å²) >= 11 is 3.30.